The summed E-state index contributed by atoms with van der Waals surface area (Å²) < 4.78 is 39.3. The van der Waals surface area contributed by atoms with Gasteiger partial charge in [0.2, 0.25) is 15.9 Å². The monoisotopic (exact) mass is 447 g/mol. The molecule has 1 aliphatic heterocycles. The average molecular weight is 448 g/mol. The van der Waals surface area contributed by atoms with Gasteiger partial charge in [-0.25, -0.2) is 12.8 Å². The summed E-state index contributed by atoms with van der Waals surface area (Å²) >= 11 is 0. The van der Waals surface area contributed by atoms with Crippen LogP contribution in [0.15, 0.2) is 48.5 Å². The third-order valence-corrected chi connectivity index (χ3v) is 6.45. The van der Waals surface area contributed by atoms with Gasteiger partial charge in [-0.1, -0.05) is 18.2 Å². The number of anilines is 2. The van der Waals surface area contributed by atoms with Crippen molar-refractivity contribution >= 4 is 33.2 Å². The van der Waals surface area contributed by atoms with Crippen molar-refractivity contribution in [3.05, 3.63) is 59.9 Å². The molecule has 1 fully saturated rings. The van der Waals surface area contributed by atoms with Crippen molar-refractivity contribution in [3.63, 3.8) is 0 Å². The first-order chi connectivity index (χ1) is 14.7. The molecule has 0 radical (unpaired) electrons. The lowest BCUT2D eigenvalue weighted by Crippen LogP contribution is -2.45. The summed E-state index contributed by atoms with van der Waals surface area (Å²) in [7, 11) is -3.88. The molecule has 1 unspecified atom stereocenters. The molecule has 2 aromatic rings. The molecule has 0 bridgehead atoms. The number of nitrogens with zero attached hydrogens (tertiary/aromatic N) is 2. The molecule has 2 amide bonds. The van der Waals surface area contributed by atoms with Gasteiger partial charge in [0.15, 0.2) is 0 Å². The minimum atomic E-state index is -3.88. The maximum Gasteiger partial charge on any atom is 0.255 e. The smallest absolute Gasteiger partial charge is 0.255 e. The SMILES string of the molecule is CC(C(=O)Nc1ccccc1C(=O)N1CCCCC1)N(c1cccc(F)c1)S(C)(=O)=O. The van der Waals surface area contributed by atoms with Crippen LogP contribution in [0.4, 0.5) is 15.8 Å². The van der Waals surface area contributed by atoms with Gasteiger partial charge >= 0.3 is 0 Å². The Morgan fingerprint density at radius 3 is 2.39 bits per heavy atom. The normalized spacial score (nSPS) is 15.3. The molecule has 1 atom stereocenters. The van der Waals surface area contributed by atoms with E-state index in [0.29, 0.717) is 24.3 Å². The van der Waals surface area contributed by atoms with Gasteiger partial charge in [0.1, 0.15) is 11.9 Å². The van der Waals surface area contributed by atoms with E-state index in [1.165, 1.54) is 25.1 Å². The van der Waals surface area contributed by atoms with Crippen LogP contribution in [0, 0.1) is 5.82 Å². The fourth-order valence-electron chi connectivity index (χ4n) is 3.71. The van der Waals surface area contributed by atoms with Crippen molar-refractivity contribution in [1.82, 2.24) is 4.90 Å². The first-order valence-electron chi connectivity index (χ1n) is 10.1. The second kappa shape index (κ2) is 9.47. The summed E-state index contributed by atoms with van der Waals surface area (Å²) in [6.07, 6.45) is 3.92. The predicted octanol–water partition coefficient (Wildman–Crippen LogP) is 3.25. The van der Waals surface area contributed by atoms with Gasteiger partial charge in [0.25, 0.3) is 5.91 Å². The average Bonchev–Trinajstić information content (AvgIpc) is 2.73. The maximum atomic E-state index is 13.7. The lowest BCUT2D eigenvalue weighted by Gasteiger charge is -2.29. The Bertz CT molecular complexity index is 1070. The predicted molar refractivity (Wildman–Crippen MR) is 118 cm³/mol. The zero-order chi connectivity index (χ0) is 22.6. The van der Waals surface area contributed by atoms with Crippen LogP contribution in [0.25, 0.3) is 0 Å². The highest BCUT2D eigenvalue weighted by Crippen LogP contribution is 2.24. The van der Waals surface area contributed by atoms with Crippen LogP contribution in [-0.4, -0.2) is 50.5 Å². The van der Waals surface area contributed by atoms with Crippen molar-refractivity contribution < 1.29 is 22.4 Å². The molecular weight excluding hydrogens is 421 g/mol. The van der Waals surface area contributed by atoms with Crippen molar-refractivity contribution in [2.24, 2.45) is 0 Å². The molecule has 7 nitrogen and oxygen atoms in total. The number of sulfonamides is 1. The Kier molecular flexibility index (Phi) is 6.94. The number of halogens is 1. The van der Waals surface area contributed by atoms with E-state index in [1.54, 1.807) is 29.2 Å². The number of carbonyl (C=O) groups excluding carboxylic acids is 2. The molecule has 0 saturated carbocycles. The van der Waals surface area contributed by atoms with Crippen LogP contribution >= 0.6 is 0 Å². The van der Waals surface area contributed by atoms with Crippen molar-refractivity contribution in [3.8, 4) is 0 Å². The zero-order valence-electron chi connectivity index (χ0n) is 17.5. The van der Waals surface area contributed by atoms with Crippen molar-refractivity contribution in [1.29, 1.82) is 0 Å². The molecule has 1 heterocycles. The summed E-state index contributed by atoms with van der Waals surface area (Å²) in [5, 5.41) is 2.68. The van der Waals surface area contributed by atoms with Crippen LogP contribution < -0.4 is 9.62 Å². The molecule has 3 rings (SSSR count). The summed E-state index contributed by atoms with van der Waals surface area (Å²) in [6, 6.07) is 10.5. The van der Waals surface area contributed by atoms with Crippen LogP contribution in [0.5, 0.6) is 0 Å². The van der Waals surface area contributed by atoms with Crippen molar-refractivity contribution in [2.75, 3.05) is 29.0 Å². The lowest BCUT2D eigenvalue weighted by molar-refractivity contribution is -0.116. The lowest BCUT2D eigenvalue weighted by atomic mass is 10.1. The fourth-order valence-corrected chi connectivity index (χ4v) is 4.87. The van der Waals surface area contributed by atoms with Crippen LogP contribution in [0.1, 0.15) is 36.5 Å². The zero-order valence-corrected chi connectivity index (χ0v) is 18.4. The Morgan fingerprint density at radius 1 is 1.06 bits per heavy atom. The first-order valence-corrected chi connectivity index (χ1v) is 12.0. The number of likely N-dealkylation sites (tertiary alicyclic amines) is 1. The van der Waals surface area contributed by atoms with E-state index in [9.17, 15) is 22.4 Å². The third kappa shape index (κ3) is 5.41. The van der Waals surface area contributed by atoms with E-state index in [-0.39, 0.29) is 11.6 Å². The molecule has 1 aliphatic rings. The Labute approximate surface area is 181 Å². The first kappa shape index (κ1) is 22.7. The van der Waals surface area contributed by atoms with Gasteiger partial charge in [-0.2, -0.15) is 0 Å². The molecule has 31 heavy (non-hydrogen) atoms. The van der Waals surface area contributed by atoms with E-state index in [0.717, 1.165) is 35.9 Å². The van der Waals surface area contributed by atoms with E-state index < -0.39 is 27.8 Å². The van der Waals surface area contributed by atoms with E-state index in [2.05, 4.69) is 5.32 Å². The highest BCUT2D eigenvalue weighted by Gasteiger charge is 2.30. The van der Waals surface area contributed by atoms with Gasteiger partial charge < -0.3 is 10.2 Å². The second-order valence-corrected chi connectivity index (χ2v) is 9.46. The topological polar surface area (TPSA) is 86.8 Å². The molecule has 1 saturated heterocycles. The van der Waals surface area contributed by atoms with Crippen LogP contribution in [-0.2, 0) is 14.8 Å². The number of nitrogens with one attached hydrogen (secondary N) is 1. The number of rotatable bonds is 6. The quantitative estimate of drug-likeness (QED) is 0.737. The van der Waals surface area contributed by atoms with Gasteiger partial charge in [0.05, 0.1) is 23.2 Å². The number of hydrogen-bond acceptors (Lipinski definition) is 4. The molecule has 1 N–H and O–H groups in total. The number of benzene rings is 2. The summed E-state index contributed by atoms with van der Waals surface area (Å²) in [6.45, 7) is 2.74. The molecule has 166 valence electrons. The summed E-state index contributed by atoms with van der Waals surface area (Å²) in [4.78, 5) is 27.7. The maximum absolute atomic E-state index is 13.7. The Morgan fingerprint density at radius 2 is 1.74 bits per heavy atom. The molecule has 0 spiro atoms. The van der Waals surface area contributed by atoms with E-state index in [1.807, 2.05) is 0 Å². The largest absolute Gasteiger partial charge is 0.339 e. The summed E-state index contributed by atoms with van der Waals surface area (Å²) in [5.41, 5.74) is 0.701. The van der Waals surface area contributed by atoms with E-state index in [4.69, 9.17) is 0 Å². The number of hydrogen-bond donors (Lipinski definition) is 1. The van der Waals surface area contributed by atoms with Gasteiger partial charge in [-0.15, -0.1) is 0 Å². The minimum absolute atomic E-state index is 0.0443. The molecule has 2 aromatic carbocycles. The standard InChI is InChI=1S/C22H26FN3O4S/c1-16(26(31(2,29)30)18-10-8-9-17(23)15-18)21(27)24-20-12-5-4-11-19(20)22(28)25-13-6-3-7-14-25/h4-5,8-12,15-16H,3,6-7,13-14H2,1-2H3,(H,24,27). The highest BCUT2D eigenvalue weighted by molar-refractivity contribution is 7.92. The molecular formula is C22H26FN3O4S. The minimum Gasteiger partial charge on any atom is -0.339 e. The van der Waals surface area contributed by atoms with Gasteiger partial charge in [-0.3, -0.25) is 13.9 Å². The third-order valence-electron chi connectivity index (χ3n) is 5.21. The van der Waals surface area contributed by atoms with Gasteiger partial charge in [0, 0.05) is 13.1 Å². The Hall–Kier alpha value is -2.94. The summed E-state index contributed by atoms with van der Waals surface area (Å²) in [5.74, 6) is -1.42. The number of piperidine rings is 1. The number of para-hydroxylation sites is 1. The number of carbonyl (C=O) groups is 2. The molecule has 9 heteroatoms. The van der Waals surface area contributed by atoms with Crippen LogP contribution in [0.3, 0.4) is 0 Å². The second-order valence-electron chi connectivity index (χ2n) is 7.60. The van der Waals surface area contributed by atoms with E-state index >= 15 is 0 Å². The molecule has 0 aliphatic carbocycles. The number of amides is 2. The van der Waals surface area contributed by atoms with Gasteiger partial charge in [-0.05, 0) is 56.5 Å². The Balaban J connectivity index is 1.85. The highest BCUT2D eigenvalue weighted by atomic mass is 32.2. The van der Waals surface area contributed by atoms with Crippen LogP contribution in [0.2, 0.25) is 0 Å². The van der Waals surface area contributed by atoms with Crippen molar-refractivity contribution in [2.45, 2.75) is 32.2 Å². The fraction of sp³-hybridized carbons (Fsp3) is 0.364. The molecule has 0 aromatic heterocycles.